The third-order valence-electron chi connectivity index (χ3n) is 4.22. The lowest BCUT2D eigenvalue weighted by Crippen LogP contribution is -2.41. The number of carbonyl (C=O) groups is 1. The summed E-state index contributed by atoms with van der Waals surface area (Å²) in [6, 6.07) is 5.90. The lowest BCUT2D eigenvalue weighted by atomic mass is 10.1. The molecule has 0 unspecified atom stereocenters. The van der Waals surface area contributed by atoms with Crippen molar-refractivity contribution in [2.24, 2.45) is 5.92 Å². The molecule has 5 nitrogen and oxygen atoms in total. The molecule has 1 atom stereocenters. The van der Waals surface area contributed by atoms with E-state index in [0.717, 1.165) is 17.1 Å². The van der Waals surface area contributed by atoms with E-state index in [4.69, 9.17) is 14.2 Å². The van der Waals surface area contributed by atoms with E-state index in [1.807, 2.05) is 23.1 Å². The van der Waals surface area contributed by atoms with Crippen LogP contribution in [0.5, 0.6) is 11.5 Å². The highest BCUT2D eigenvalue weighted by molar-refractivity contribution is 5.78. The van der Waals surface area contributed by atoms with Gasteiger partial charge in [-0.15, -0.1) is 0 Å². The molecule has 122 valence electrons. The van der Waals surface area contributed by atoms with E-state index in [1.54, 1.807) is 21.3 Å². The van der Waals surface area contributed by atoms with Gasteiger partial charge in [-0.2, -0.15) is 0 Å². The largest absolute Gasteiger partial charge is 0.497 e. The first kappa shape index (κ1) is 16.6. The summed E-state index contributed by atoms with van der Waals surface area (Å²) >= 11 is 0. The smallest absolute Gasteiger partial charge is 0.249 e. The van der Waals surface area contributed by atoms with Gasteiger partial charge >= 0.3 is 0 Å². The van der Waals surface area contributed by atoms with Crippen LogP contribution < -0.4 is 9.47 Å². The summed E-state index contributed by atoms with van der Waals surface area (Å²) in [5.74, 6) is 2.09. The average molecular weight is 307 g/mol. The minimum atomic E-state index is 0.0137. The Hall–Kier alpha value is -1.75. The third kappa shape index (κ3) is 3.91. The van der Waals surface area contributed by atoms with Gasteiger partial charge in [0.2, 0.25) is 5.91 Å². The Balaban J connectivity index is 2.20. The van der Waals surface area contributed by atoms with Crippen molar-refractivity contribution in [3.05, 3.63) is 23.8 Å². The van der Waals surface area contributed by atoms with Gasteiger partial charge in [0.25, 0.3) is 0 Å². The number of benzene rings is 1. The van der Waals surface area contributed by atoms with Crippen LogP contribution in [0.4, 0.5) is 0 Å². The van der Waals surface area contributed by atoms with Crippen molar-refractivity contribution in [1.29, 1.82) is 0 Å². The maximum Gasteiger partial charge on any atom is 0.249 e. The summed E-state index contributed by atoms with van der Waals surface area (Å²) < 4.78 is 15.7. The molecule has 5 heteroatoms. The van der Waals surface area contributed by atoms with Gasteiger partial charge < -0.3 is 19.1 Å². The zero-order valence-corrected chi connectivity index (χ0v) is 13.8. The van der Waals surface area contributed by atoms with Crippen LogP contribution in [0.2, 0.25) is 0 Å². The van der Waals surface area contributed by atoms with Gasteiger partial charge in [-0.25, -0.2) is 0 Å². The molecule has 0 bridgehead atoms. The van der Waals surface area contributed by atoms with Gasteiger partial charge in [0.1, 0.15) is 18.1 Å². The number of hydrogen-bond acceptors (Lipinski definition) is 4. The standard InChI is InChI=1S/C17H25NO4/c1-12(13-5-6-13)18(17(19)11-20-2)10-14-7-8-15(21-3)9-16(14)22-4/h7-9,12-13H,5-6,10-11H2,1-4H3/t12-/m0/s1. The van der Waals surface area contributed by atoms with E-state index in [9.17, 15) is 4.79 Å². The van der Waals surface area contributed by atoms with Gasteiger partial charge in [-0.3, -0.25) is 4.79 Å². The molecule has 1 aromatic carbocycles. The summed E-state index contributed by atoms with van der Waals surface area (Å²) in [7, 11) is 4.80. The fraction of sp³-hybridized carbons (Fsp3) is 0.588. The van der Waals surface area contributed by atoms with Gasteiger partial charge in [-0.05, 0) is 37.8 Å². The maximum absolute atomic E-state index is 12.4. The predicted molar refractivity (Wildman–Crippen MR) is 84.2 cm³/mol. The molecule has 0 N–H and O–H groups in total. The van der Waals surface area contributed by atoms with Crippen LogP contribution in [-0.4, -0.2) is 44.8 Å². The van der Waals surface area contributed by atoms with Crippen LogP contribution >= 0.6 is 0 Å². The number of rotatable bonds is 8. The zero-order valence-electron chi connectivity index (χ0n) is 13.8. The zero-order chi connectivity index (χ0) is 16.1. The summed E-state index contributed by atoms with van der Waals surface area (Å²) in [5, 5.41) is 0. The average Bonchev–Trinajstić information content (AvgIpc) is 3.37. The third-order valence-corrected chi connectivity index (χ3v) is 4.22. The minimum Gasteiger partial charge on any atom is -0.497 e. The number of methoxy groups -OCH3 is 3. The van der Waals surface area contributed by atoms with E-state index in [-0.39, 0.29) is 18.6 Å². The van der Waals surface area contributed by atoms with Crippen LogP contribution in [0, 0.1) is 5.92 Å². The second-order valence-electron chi connectivity index (χ2n) is 5.71. The quantitative estimate of drug-likeness (QED) is 0.740. The maximum atomic E-state index is 12.4. The number of hydrogen-bond donors (Lipinski definition) is 0. The Labute approximate surface area is 132 Å². The summed E-state index contributed by atoms with van der Waals surface area (Å²) in [6.45, 7) is 2.74. The van der Waals surface area contributed by atoms with Crippen molar-refractivity contribution in [2.45, 2.75) is 32.4 Å². The Kier molecular flexibility index (Phi) is 5.66. The van der Waals surface area contributed by atoms with Crippen molar-refractivity contribution in [2.75, 3.05) is 27.9 Å². The molecule has 22 heavy (non-hydrogen) atoms. The molecule has 1 aliphatic rings. The molecule has 0 saturated heterocycles. The van der Waals surface area contributed by atoms with Crippen molar-refractivity contribution >= 4 is 5.91 Å². The first-order valence-corrected chi connectivity index (χ1v) is 7.60. The van der Waals surface area contributed by atoms with Crippen molar-refractivity contribution in [1.82, 2.24) is 4.90 Å². The topological polar surface area (TPSA) is 48.0 Å². The molecule has 0 radical (unpaired) electrons. The van der Waals surface area contributed by atoms with E-state index in [0.29, 0.717) is 12.5 Å². The fourth-order valence-corrected chi connectivity index (χ4v) is 2.66. The molecule has 0 aromatic heterocycles. The number of ether oxygens (including phenoxy) is 3. The Morgan fingerprint density at radius 3 is 2.55 bits per heavy atom. The van der Waals surface area contributed by atoms with Crippen LogP contribution in [0.25, 0.3) is 0 Å². The summed E-state index contributed by atoms with van der Waals surface area (Å²) in [4.78, 5) is 14.3. The Morgan fingerprint density at radius 1 is 1.27 bits per heavy atom. The van der Waals surface area contributed by atoms with Crippen LogP contribution in [-0.2, 0) is 16.1 Å². The van der Waals surface area contributed by atoms with E-state index in [2.05, 4.69) is 6.92 Å². The minimum absolute atomic E-state index is 0.0137. The highest BCUT2D eigenvalue weighted by Crippen LogP contribution is 2.36. The molecule has 1 amide bonds. The molecule has 0 aliphatic heterocycles. The molecule has 1 saturated carbocycles. The summed E-state index contributed by atoms with van der Waals surface area (Å²) in [6.07, 6.45) is 2.38. The number of carbonyl (C=O) groups excluding carboxylic acids is 1. The Bertz CT molecular complexity index is 513. The van der Waals surface area contributed by atoms with E-state index >= 15 is 0 Å². The van der Waals surface area contributed by atoms with Crippen molar-refractivity contribution in [3.8, 4) is 11.5 Å². The monoisotopic (exact) mass is 307 g/mol. The molecule has 0 spiro atoms. The first-order valence-electron chi connectivity index (χ1n) is 7.60. The van der Waals surface area contributed by atoms with Gasteiger partial charge in [0, 0.05) is 31.3 Å². The first-order chi connectivity index (χ1) is 10.6. The lowest BCUT2D eigenvalue weighted by molar-refractivity contribution is -0.138. The normalized spacial score (nSPS) is 15.3. The number of amides is 1. The molecular weight excluding hydrogens is 282 g/mol. The molecular formula is C17H25NO4. The Morgan fingerprint density at radius 2 is 2.00 bits per heavy atom. The van der Waals surface area contributed by atoms with Crippen LogP contribution in [0.3, 0.4) is 0 Å². The SMILES string of the molecule is COCC(=O)N(Cc1ccc(OC)cc1OC)[C@@H](C)C1CC1. The van der Waals surface area contributed by atoms with Crippen LogP contribution in [0.1, 0.15) is 25.3 Å². The van der Waals surface area contributed by atoms with Crippen molar-refractivity contribution in [3.63, 3.8) is 0 Å². The lowest BCUT2D eigenvalue weighted by Gasteiger charge is -2.30. The highest BCUT2D eigenvalue weighted by atomic mass is 16.5. The predicted octanol–water partition coefficient (Wildman–Crippen LogP) is 2.48. The van der Waals surface area contributed by atoms with Crippen LogP contribution in [0.15, 0.2) is 18.2 Å². The van der Waals surface area contributed by atoms with E-state index < -0.39 is 0 Å². The highest BCUT2D eigenvalue weighted by Gasteiger charge is 2.34. The summed E-state index contributed by atoms with van der Waals surface area (Å²) in [5.41, 5.74) is 0.972. The molecule has 2 rings (SSSR count). The molecule has 1 aromatic rings. The second-order valence-corrected chi connectivity index (χ2v) is 5.71. The number of nitrogens with zero attached hydrogens (tertiary/aromatic N) is 1. The molecule has 1 aliphatic carbocycles. The van der Waals surface area contributed by atoms with Gasteiger partial charge in [0.15, 0.2) is 0 Å². The fourth-order valence-electron chi connectivity index (χ4n) is 2.66. The second kappa shape index (κ2) is 7.49. The van der Waals surface area contributed by atoms with Gasteiger partial charge in [-0.1, -0.05) is 0 Å². The molecule has 0 heterocycles. The van der Waals surface area contributed by atoms with E-state index in [1.165, 1.54) is 12.8 Å². The van der Waals surface area contributed by atoms with Crippen molar-refractivity contribution < 1.29 is 19.0 Å². The van der Waals surface area contributed by atoms with Gasteiger partial charge in [0.05, 0.1) is 14.2 Å². The molecule has 1 fully saturated rings.